The highest BCUT2D eigenvalue weighted by Gasteiger charge is 2.10. The zero-order chi connectivity index (χ0) is 13.0. The zero-order valence-corrected chi connectivity index (χ0v) is 9.79. The van der Waals surface area contributed by atoms with Crippen LogP contribution in [0.25, 0.3) is 0 Å². The molecular weight excluding hydrogens is 232 g/mol. The van der Waals surface area contributed by atoms with Crippen molar-refractivity contribution in [1.82, 2.24) is 0 Å². The van der Waals surface area contributed by atoms with Crippen LogP contribution in [-0.2, 0) is 0 Å². The van der Waals surface area contributed by atoms with E-state index >= 15 is 0 Å². The first-order valence-corrected chi connectivity index (χ1v) is 5.35. The molecule has 2 aromatic rings. The molecule has 1 N–H and O–H groups in total. The normalized spacial score (nSPS) is 9.83. The van der Waals surface area contributed by atoms with Crippen molar-refractivity contribution in [2.45, 2.75) is 0 Å². The van der Waals surface area contributed by atoms with Crippen molar-refractivity contribution < 1.29 is 19.4 Å². The third-order valence-corrected chi connectivity index (χ3v) is 2.38. The number of aromatic carboxylic acids is 1. The number of carbonyl (C=O) groups is 1. The van der Waals surface area contributed by atoms with Crippen LogP contribution in [0.1, 0.15) is 10.4 Å². The molecule has 0 amide bonds. The van der Waals surface area contributed by atoms with E-state index in [-0.39, 0.29) is 5.56 Å². The van der Waals surface area contributed by atoms with Gasteiger partial charge in [0, 0.05) is 0 Å². The number of carboxylic acid groups (broad SMARTS) is 1. The van der Waals surface area contributed by atoms with Gasteiger partial charge in [-0.05, 0) is 30.3 Å². The highest BCUT2D eigenvalue weighted by Crippen LogP contribution is 2.32. The van der Waals surface area contributed by atoms with Crippen LogP contribution >= 0.6 is 0 Å². The lowest BCUT2D eigenvalue weighted by molar-refractivity contribution is 0.0696. The first-order chi connectivity index (χ1) is 8.70. The first kappa shape index (κ1) is 12.0. The van der Waals surface area contributed by atoms with Gasteiger partial charge >= 0.3 is 5.97 Å². The van der Waals surface area contributed by atoms with Crippen LogP contribution in [0, 0.1) is 0 Å². The maximum atomic E-state index is 10.8. The van der Waals surface area contributed by atoms with Crippen molar-refractivity contribution in [1.29, 1.82) is 0 Å². The molecule has 0 saturated heterocycles. The molecule has 2 rings (SSSR count). The highest BCUT2D eigenvalue weighted by atomic mass is 16.5. The molecule has 4 nitrogen and oxygen atoms in total. The summed E-state index contributed by atoms with van der Waals surface area (Å²) in [6.07, 6.45) is 0. The van der Waals surface area contributed by atoms with Gasteiger partial charge in [-0.25, -0.2) is 4.79 Å². The molecule has 2 aromatic carbocycles. The SMILES string of the molecule is COc1cc(C(=O)O)ccc1Oc1ccccc1. The lowest BCUT2D eigenvalue weighted by atomic mass is 10.2. The second-order valence-corrected chi connectivity index (χ2v) is 3.59. The van der Waals surface area contributed by atoms with E-state index in [0.29, 0.717) is 17.2 Å². The van der Waals surface area contributed by atoms with Crippen LogP contribution in [0.5, 0.6) is 17.2 Å². The van der Waals surface area contributed by atoms with Gasteiger partial charge in [0.1, 0.15) is 5.75 Å². The molecule has 0 aliphatic carbocycles. The fraction of sp³-hybridized carbons (Fsp3) is 0.0714. The van der Waals surface area contributed by atoms with Gasteiger partial charge < -0.3 is 14.6 Å². The number of ether oxygens (including phenoxy) is 2. The van der Waals surface area contributed by atoms with E-state index in [0.717, 1.165) is 0 Å². The Morgan fingerprint density at radius 3 is 2.39 bits per heavy atom. The molecule has 0 fully saturated rings. The average molecular weight is 244 g/mol. The fourth-order valence-electron chi connectivity index (χ4n) is 1.50. The van der Waals surface area contributed by atoms with Gasteiger partial charge in [0.15, 0.2) is 11.5 Å². The number of methoxy groups -OCH3 is 1. The fourth-order valence-corrected chi connectivity index (χ4v) is 1.50. The number of hydrogen-bond acceptors (Lipinski definition) is 3. The van der Waals surface area contributed by atoms with Crippen molar-refractivity contribution in [2.75, 3.05) is 7.11 Å². The number of benzene rings is 2. The Morgan fingerprint density at radius 1 is 1.06 bits per heavy atom. The summed E-state index contributed by atoms with van der Waals surface area (Å²) in [7, 11) is 1.47. The van der Waals surface area contributed by atoms with Gasteiger partial charge in [0.25, 0.3) is 0 Å². The molecule has 92 valence electrons. The van der Waals surface area contributed by atoms with Crippen LogP contribution in [0.4, 0.5) is 0 Å². The summed E-state index contributed by atoms with van der Waals surface area (Å²) in [5, 5.41) is 8.89. The maximum absolute atomic E-state index is 10.8. The van der Waals surface area contributed by atoms with E-state index < -0.39 is 5.97 Å². The molecule has 0 atom stereocenters. The Bertz CT molecular complexity index is 549. The molecule has 18 heavy (non-hydrogen) atoms. The monoisotopic (exact) mass is 244 g/mol. The lowest BCUT2D eigenvalue weighted by Crippen LogP contribution is -1.98. The average Bonchev–Trinajstić information content (AvgIpc) is 2.40. The van der Waals surface area contributed by atoms with Gasteiger partial charge in [0.05, 0.1) is 12.7 Å². The van der Waals surface area contributed by atoms with E-state index in [1.807, 2.05) is 30.3 Å². The minimum absolute atomic E-state index is 0.160. The zero-order valence-electron chi connectivity index (χ0n) is 9.79. The Hall–Kier alpha value is -2.49. The Balaban J connectivity index is 2.31. The third-order valence-electron chi connectivity index (χ3n) is 2.38. The highest BCUT2D eigenvalue weighted by molar-refractivity contribution is 5.88. The number of hydrogen-bond donors (Lipinski definition) is 1. The topological polar surface area (TPSA) is 55.8 Å². The molecule has 0 bridgehead atoms. The Morgan fingerprint density at radius 2 is 1.78 bits per heavy atom. The van der Waals surface area contributed by atoms with Crippen molar-refractivity contribution >= 4 is 5.97 Å². The van der Waals surface area contributed by atoms with Crippen LogP contribution in [0.2, 0.25) is 0 Å². The molecule has 0 aromatic heterocycles. The molecule has 0 aliphatic heterocycles. The van der Waals surface area contributed by atoms with Gasteiger partial charge in [-0.15, -0.1) is 0 Å². The quantitative estimate of drug-likeness (QED) is 0.897. The number of para-hydroxylation sites is 1. The van der Waals surface area contributed by atoms with E-state index in [1.54, 1.807) is 6.07 Å². The van der Waals surface area contributed by atoms with Crippen molar-refractivity contribution in [3.8, 4) is 17.2 Å². The molecule has 0 saturated carbocycles. The third kappa shape index (κ3) is 2.60. The molecule has 0 radical (unpaired) electrons. The van der Waals surface area contributed by atoms with Gasteiger partial charge in [-0.1, -0.05) is 18.2 Å². The molecule has 0 spiro atoms. The molecule has 0 aliphatic rings. The van der Waals surface area contributed by atoms with Crippen LogP contribution in [0.15, 0.2) is 48.5 Å². The van der Waals surface area contributed by atoms with E-state index in [2.05, 4.69) is 0 Å². The second kappa shape index (κ2) is 5.23. The van der Waals surface area contributed by atoms with E-state index in [4.69, 9.17) is 14.6 Å². The van der Waals surface area contributed by atoms with E-state index in [9.17, 15) is 4.79 Å². The van der Waals surface area contributed by atoms with Crippen molar-refractivity contribution in [3.05, 3.63) is 54.1 Å². The predicted molar refractivity (Wildman–Crippen MR) is 66.5 cm³/mol. The van der Waals surface area contributed by atoms with Gasteiger partial charge in [-0.2, -0.15) is 0 Å². The molecule has 4 heteroatoms. The van der Waals surface area contributed by atoms with E-state index in [1.165, 1.54) is 19.2 Å². The lowest BCUT2D eigenvalue weighted by Gasteiger charge is -2.10. The maximum Gasteiger partial charge on any atom is 0.335 e. The summed E-state index contributed by atoms with van der Waals surface area (Å²) in [5.41, 5.74) is 0.160. The second-order valence-electron chi connectivity index (χ2n) is 3.59. The smallest absolute Gasteiger partial charge is 0.335 e. The largest absolute Gasteiger partial charge is 0.493 e. The predicted octanol–water partition coefficient (Wildman–Crippen LogP) is 3.19. The minimum Gasteiger partial charge on any atom is -0.493 e. The van der Waals surface area contributed by atoms with Gasteiger partial charge in [-0.3, -0.25) is 0 Å². The first-order valence-electron chi connectivity index (χ1n) is 5.35. The summed E-state index contributed by atoms with van der Waals surface area (Å²) >= 11 is 0. The Labute approximate surface area is 104 Å². The standard InChI is InChI=1S/C14H12O4/c1-17-13-9-10(14(15)16)7-8-12(13)18-11-5-3-2-4-6-11/h2-9H,1H3,(H,15,16). The number of rotatable bonds is 4. The molecule has 0 heterocycles. The van der Waals surface area contributed by atoms with Crippen molar-refractivity contribution in [3.63, 3.8) is 0 Å². The summed E-state index contributed by atoms with van der Waals surface area (Å²) in [5.74, 6) is 0.533. The van der Waals surface area contributed by atoms with Crippen LogP contribution in [0.3, 0.4) is 0 Å². The van der Waals surface area contributed by atoms with Crippen LogP contribution in [-0.4, -0.2) is 18.2 Å². The van der Waals surface area contributed by atoms with Gasteiger partial charge in [0.2, 0.25) is 0 Å². The Kier molecular flexibility index (Phi) is 3.48. The minimum atomic E-state index is -1.00. The summed E-state index contributed by atoms with van der Waals surface area (Å²) in [6.45, 7) is 0. The molecular formula is C14H12O4. The van der Waals surface area contributed by atoms with Crippen molar-refractivity contribution in [2.24, 2.45) is 0 Å². The summed E-state index contributed by atoms with van der Waals surface area (Å²) < 4.78 is 10.7. The molecule has 0 unspecified atom stereocenters. The summed E-state index contributed by atoms with van der Waals surface area (Å²) in [4.78, 5) is 10.8. The number of carboxylic acids is 1. The summed E-state index contributed by atoms with van der Waals surface area (Å²) in [6, 6.07) is 13.7. The van der Waals surface area contributed by atoms with Crippen LogP contribution < -0.4 is 9.47 Å².